The first-order chi connectivity index (χ1) is 8.71. The van der Waals surface area contributed by atoms with Crippen LogP contribution in [0, 0.1) is 0 Å². The zero-order chi connectivity index (χ0) is 13.4. The lowest BCUT2D eigenvalue weighted by Crippen LogP contribution is -2.18. The lowest BCUT2D eigenvalue weighted by molar-refractivity contribution is 0.152. The third-order valence-electron chi connectivity index (χ3n) is 2.05. The van der Waals surface area contributed by atoms with Crippen molar-refractivity contribution in [3.63, 3.8) is 0 Å². The standard InChI is InChI=1S/C12H16N2O4/c1-4-18-12(15)14-13-8-9-5-6-10(16-2)11(7-9)17-3/h5-8H,4H2,1-3H3,(H,14,15)/b13-8-. The second-order valence-electron chi connectivity index (χ2n) is 3.20. The molecule has 6 heteroatoms. The number of amides is 1. The van der Waals surface area contributed by atoms with Gasteiger partial charge in [-0.1, -0.05) is 0 Å². The second-order valence-corrected chi connectivity index (χ2v) is 3.20. The van der Waals surface area contributed by atoms with Crippen LogP contribution in [-0.4, -0.2) is 33.1 Å². The van der Waals surface area contributed by atoms with Crippen molar-refractivity contribution < 1.29 is 19.0 Å². The Morgan fingerprint density at radius 2 is 2.06 bits per heavy atom. The second kappa shape index (κ2) is 7.16. The van der Waals surface area contributed by atoms with Crippen molar-refractivity contribution in [3.05, 3.63) is 23.8 Å². The van der Waals surface area contributed by atoms with Crippen LogP contribution in [0.25, 0.3) is 0 Å². The van der Waals surface area contributed by atoms with Crippen molar-refractivity contribution >= 4 is 12.3 Å². The number of carbonyl (C=O) groups is 1. The summed E-state index contributed by atoms with van der Waals surface area (Å²) in [7, 11) is 3.11. The molecule has 98 valence electrons. The van der Waals surface area contributed by atoms with Gasteiger partial charge in [0.25, 0.3) is 0 Å². The SMILES string of the molecule is CCOC(=O)N/N=C\c1ccc(OC)c(OC)c1. The largest absolute Gasteiger partial charge is 0.493 e. The van der Waals surface area contributed by atoms with Crippen molar-refractivity contribution in [3.8, 4) is 11.5 Å². The van der Waals surface area contributed by atoms with Gasteiger partial charge < -0.3 is 14.2 Å². The van der Waals surface area contributed by atoms with Crippen LogP contribution in [0.1, 0.15) is 12.5 Å². The van der Waals surface area contributed by atoms with Crippen LogP contribution >= 0.6 is 0 Å². The number of ether oxygens (including phenoxy) is 3. The summed E-state index contributed by atoms with van der Waals surface area (Å²) in [4.78, 5) is 11.0. The quantitative estimate of drug-likeness (QED) is 0.640. The number of nitrogens with one attached hydrogen (secondary N) is 1. The Balaban J connectivity index is 2.67. The summed E-state index contributed by atoms with van der Waals surface area (Å²) in [5.41, 5.74) is 3.00. The molecule has 0 aliphatic carbocycles. The molecular weight excluding hydrogens is 236 g/mol. The molecule has 0 aromatic heterocycles. The van der Waals surface area contributed by atoms with Crippen molar-refractivity contribution in [2.24, 2.45) is 5.10 Å². The predicted octanol–water partition coefficient (Wildman–Crippen LogP) is 1.78. The van der Waals surface area contributed by atoms with E-state index in [2.05, 4.69) is 15.3 Å². The fraction of sp³-hybridized carbons (Fsp3) is 0.333. The van der Waals surface area contributed by atoms with E-state index in [9.17, 15) is 4.79 Å². The van der Waals surface area contributed by atoms with Gasteiger partial charge >= 0.3 is 6.09 Å². The number of rotatable bonds is 5. The Bertz CT molecular complexity index is 432. The average molecular weight is 252 g/mol. The van der Waals surface area contributed by atoms with Crippen LogP contribution in [0.2, 0.25) is 0 Å². The molecule has 0 saturated heterocycles. The van der Waals surface area contributed by atoms with Gasteiger partial charge in [-0.3, -0.25) is 0 Å². The molecule has 1 rings (SSSR count). The van der Waals surface area contributed by atoms with Crippen molar-refractivity contribution in [2.75, 3.05) is 20.8 Å². The molecule has 0 radical (unpaired) electrons. The fourth-order valence-electron chi connectivity index (χ4n) is 1.26. The normalized spacial score (nSPS) is 10.2. The first-order valence-corrected chi connectivity index (χ1v) is 5.39. The summed E-state index contributed by atoms with van der Waals surface area (Å²) in [6.45, 7) is 2.02. The zero-order valence-corrected chi connectivity index (χ0v) is 10.6. The molecule has 1 aromatic carbocycles. The highest BCUT2D eigenvalue weighted by Crippen LogP contribution is 2.26. The van der Waals surface area contributed by atoms with E-state index in [0.29, 0.717) is 18.1 Å². The lowest BCUT2D eigenvalue weighted by Gasteiger charge is -2.07. The van der Waals surface area contributed by atoms with Gasteiger partial charge in [-0.2, -0.15) is 5.10 Å². The molecule has 0 fully saturated rings. The number of carbonyl (C=O) groups excluding carboxylic acids is 1. The van der Waals surface area contributed by atoms with E-state index in [1.807, 2.05) is 0 Å². The van der Waals surface area contributed by atoms with Gasteiger partial charge in [0.2, 0.25) is 0 Å². The molecule has 0 unspecified atom stereocenters. The number of nitrogens with zero attached hydrogens (tertiary/aromatic N) is 1. The summed E-state index contributed by atoms with van der Waals surface area (Å²) >= 11 is 0. The van der Waals surface area contributed by atoms with Gasteiger partial charge in [-0.25, -0.2) is 10.2 Å². The maximum absolute atomic E-state index is 11.0. The lowest BCUT2D eigenvalue weighted by atomic mass is 10.2. The number of benzene rings is 1. The molecule has 0 bridgehead atoms. The fourth-order valence-corrected chi connectivity index (χ4v) is 1.26. The zero-order valence-electron chi connectivity index (χ0n) is 10.6. The molecule has 0 heterocycles. The van der Waals surface area contributed by atoms with E-state index in [0.717, 1.165) is 5.56 Å². The van der Waals surface area contributed by atoms with Crippen LogP contribution in [0.4, 0.5) is 4.79 Å². The third-order valence-corrected chi connectivity index (χ3v) is 2.05. The molecule has 1 aromatic rings. The monoisotopic (exact) mass is 252 g/mol. The smallest absolute Gasteiger partial charge is 0.427 e. The minimum Gasteiger partial charge on any atom is -0.493 e. The summed E-state index contributed by atoms with van der Waals surface area (Å²) in [6.07, 6.45) is 0.896. The maximum atomic E-state index is 11.0. The predicted molar refractivity (Wildman–Crippen MR) is 67.3 cm³/mol. The van der Waals surface area contributed by atoms with Gasteiger partial charge in [0.1, 0.15) is 0 Å². The summed E-state index contributed by atoms with van der Waals surface area (Å²) in [6, 6.07) is 5.29. The van der Waals surface area contributed by atoms with E-state index < -0.39 is 6.09 Å². The van der Waals surface area contributed by atoms with Crippen molar-refractivity contribution in [1.29, 1.82) is 0 Å². The molecule has 1 amide bonds. The first kappa shape index (κ1) is 13.8. The van der Waals surface area contributed by atoms with Gasteiger partial charge in [0.05, 0.1) is 27.0 Å². The highest BCUT2D eigenvalue weighted by atomic mass is 16.5. The van der Waals surface area contributed by atoms with Gasteiger partial charge in [0.15, 0.2) is 11.5 Å². The van der Waals surface area contributed by atoms with E-state index in [4.69, 9.17) is 9.47 Å². The summed E-state index contributed by atoms with van der Waals surface area (Å²) in [5, 5.41) is 3.75. The average Bonchev–Trinajstić information content (AvgIpc) is 2.38. The first-order valence-electron chi connectivity index (χ1n) is 5.39. The van der Waals surface area contributed by atoms with Crippen LogP contribution in [0.15, 0.2) is 23.3 Å². The molecule has 0 spiro atoms. The Labute approximate surface area is 106 Å². The minimum atomic E-state index is -0.589. The highest BCUT2D eigenvalue weighted by Gasteiger charge is 2.03. The molecule has 0 saturated carbocycles. The van der Waals surface area contributed by atoms with E-state index >= 15 is 0 Å². The molecule has 0 aliphatic heterocycles. The van der Waals surface area contributed by atoms with Crippen molar-refractivity contribution in [2.45, 2.75) is 6.92 Å². The molecule has 6 nitrogen and oxygen atoms in total. The summed E-state index contributed by atoms with van der Waals surface area (Å²) < 4.78 is 14.9. The van der Waals surface area contributed by atoms with Gasteiger partial charge in [-0.15, -0.1) is 0 Å². The topological polar surface area (TPSA) is 69.2 Å². The van der Waals surface area contributed by atoms with Gasteiger partial charge in [0, 0.05) is 0 Å². The minimum absolute atomic E-state index is 0.303. The van der Waals surface area contributed by atoms with Crippen LogP contribution in [0.3, 0.4) is 0 Å². The van der Waals surface area contributed by atoms with E-state index in [1.165, 1.54) is 6.21 Å². The van der Waals surface area contributed by atoms with Gasteiger partial charge in [-0.05, 0) is 30.7 Å². The van der Waals surface area contributed by atoms with Crippen LogP contribution < -0.4 is 14.9 Å². The van der Waals surface area contributed by atoms with E-state index in [-0.39, 0.29) is 0 Å². The third kappa shape index (κ3) is 3.97. The Kier molecular flexibility index (Phi) is 5.50. The van der Waals surface area contributed by atoms with Crippen LogP contribution in [-0.2, 0) is 4.74 Å². The Hall–Kier alpha value is -2.24. The number of methoxy groups -OCH3 is 2. The number of hydrazone groups is 1. The number of hydrogen-bond donors (Lipinski definition) is 1. The molecule has 0 aliphatic rings. The molecule has 1 N–H and O–H groups in total. The number of hydrogen-bond acceptors (Lipinski definition) is 5. The molecule has 0 atom stereocenters. The Morgan fingerprint density at radius 3 is 2.67 bits per heavy atom. The maximum Gasteiger partial charge on any atom is 0.427 e. The Morgan fingerprint density at radius 1 is 1.33 bits per heavy atom. The molecular formula is C12H16N2O4. The molecule has 18 heavy (non-hydrogen) atoms. The van der Waals surface area contributed by atoms with E-state index in [1.54, 1.807) is 39.3 Å². The van der Waals surface area contributed by atoms with Crippen molar-refractivity contribution in [1.82, 2.24) is 5.43 Å². The highest BCUT2D eigenvalue weighted by molar-refractivity contribution is 5.82. The summed E-state index contributed by atoms with van der Waals surface area (Å²) in [5.74, 6) is 1.23. The van der Waals surface area contributed by atoms with Crippen LogP contribution in [0.5, 0.6) is 11.5 Å².